The number of anilines is 1. The summed E-state index contributed by atoms with van der Waals surface area (Å²) in [6.07, 6.45) is -0.757. The first-order chi connectivity index (χ1) is 9.15. The highest BCUT2D eigenvalue weighted by Crippen LogP contribution is 2.26. The predicted molar refractivity (Wildman–Crippen MR) is 77.9 cm³/mol. The van der Waals surface area contributed by atoms with Crippen molar-refractivity contribution in [3.8, 4) is 6.07 Å². The summed E-state index contributed by atoms with van der Waals surface area (Å²) in [6, 6.07) is 5.33. The number of carbonyl (C=O) groups excluding carboxylic acids is 1. The molecule has 0 aromatic heterocycles. The lowest BCUT2D eigenvalue weighted by molar-refractivity contribution is 0.0573. The van der Waals surface area contributed by atoms with E-state index in [2.05, 4.69) is 15.9 Å². The van der Waals surface area contributed by atoms with Crippen LogP contribution in [0.25, 0.3) is 0 Å². The molecule has 20 heavy (non-hydrogen) atoms. The second-order valence-corrected chi connectivity index (χ2v) is 6.17. The van der Waals surface area contributed by atoms with Gasteiger partial charge in [-0.05, 0) is 45.9 Å². The van der Waals surface area contributed by atoms with Gasteiger partial charge in [0, 0.05) is 4.47 Å². The Bertz CT molecular complexity index is 549. The highest BCUT2D eigenvalue weighted by atomic mass is 79.9. The van der Waals surface area contributed by atoms with Gasteiger partial charge in [-0.25, -0.2) is 9.18 Å². The number of nitrogens with zero attached hydrogens (tertiary/aromatic N) is 2. The second kappa shape index (κ2) is 6.23. The van der Waals surface area contributed by atoms with Crippen LogP contribution < -0.4 is 4.90 Å². The molecule has 0 saturated carbocycles. The topological polar surface area (TPSA) is 53.3 Å². The Morgan fingerprint density at radius 1 is 1.50 bits per heavy atom. The molecule has 1 aromatic carbocycles. The molecular formula is C14H16BrFN2O2. The van der Waals surface area contributed by atoms with Crippen LogP contribution in [-0.4, -0.2) is 17.7 Å². The SMILES string of the molecule is CC(C#N)N(C(=O)OC(C)(C)C)c1ccc(Br)cc1F. The van der Waals surface area contributed by atoms with E-state index in [4.69, 9.17) is 10.00 Å². The first-order valence-corrected chi connectivity index (χ1v) is 6.82. The summed E-state index contributed by atoms with van der Waals surface area (Å²) in [7, 11) is 0. The Labute approximate surface area is 126 Å². The van der Waals surface area contributed by atoms with Crippen LogP contribution in [0.1, 0.15) is 27.7 Å². The average Bonchev–Trinajstić information content (AvgIpc) is 2.29. The van der Waals surface area contributed by atoms with Gasteiger partial charge in [-0.1, -0.05) is 15.9 Å². The van der Waals surface area contributed by atoms with Crippen LogP contribution in [0.5, 0.6) is 0 Å². The molecule has 108 valence electrons. The Kier molecular flexibility index (Phi) is 5.12. The molecule has 0 N–H and O–H groups in total. The number of halogens is 2. The van der Waals surface area contributed by atoms with E-state index in [-0.39, 0.29) is 5.69 Å². The lowest BCUT2D eigenvalue weighted by atomic mass is 10.2. The number of nitriles is 1. The summed E-state index contributed by atoms with van der Waals surface area (Å²) in [6.45, 7) is 6.62. The average molecular weight is 343 g/mol. The highest BCUT2D eigenvalue weighted by molar-refractivity contribution is 9.10. The van der Waals surface area contributed by atoms with Crippen LogP contribution in [0.4, 0.5) is 14.9 Å². The van der Waals surface area contributed by atoms with E-state index in [1.165, 1.54) is 19.1 Å². The zero-order valence-corrected chi connectivity index (χ0v) is 13.4. The van der Waals surface area contributed by atoms with Crippen LogP contribution in [0.15, 0.2) is 22.7 Å². The normalized spacial score (nSPS) is 12.4. The van der Waals surface area contributed by atoms with Crippen molar-refractivity contribution in [1.82, 2.24) is 0 Å². The highest BCUT2D eigenvalue weighted by Gasteiger charge is 2.29. The van der Waals surface area contributed by atoms with Gasteiger partial charge in [0.05, 0.1) is 11.8 Å². The summed E-state index contributed by atoms with van der Waals surface area (Å²) in [5.74, 6) is -0.604. The molecule has 1 unspecified atom stereocenters. The zero-order valence-electron chi connectivity index (χ0n) is 11.8. The Hall–Kier alpha value is -1.61. The molecule has 0 heterocycles. The van der Waals surface area contributed by atoms with E-state index in [1.54, 1.807) is 26.8 Å². The maximum Gasteiger partial charge on any atom is 0.416 e. The molecule has 1 rings (SSSR count). The van der Waals surface area contributed by atoms with E-state index in [9.17, 15) is 9.18 Å². The molecule has 0 spiro atoms. The minimum atomic E-state index is -0.847. The fourth-order valence-corrected chi connectivity index (χ4v) is 1.84. The minimum Gasteiger partial charge on any atom is -0.443 e. The molecule has 0 aliphatic rings. The molecule has 1 atom stereocenters. The largest absolute Gasteiger partial charge is 0.443 e. The van der Waals surface area contributed by atoms with Gasteiger partial charge in [0.2, 0.25) is 0 Å². The minimum absolute atomic E-state index is 0.0106. The van der Waals surface area contributed by atoms with Crippen LogP contribution >= 0.6 is 15.9 Å². The molecule has 0 aliphatic heterocycles. The van der Waals surface area contributed by atoms with Crippen molar-refractivity contribution >= 4 is 27.7 Å². The van der Waals surface area contributed by atoms with E-state index in [0.717, 1.165) is 4.90 Å². The molecule has 0 fully saturated rings. The molecule has 4 nitrogen and oxygen atoms in total. The lowest BCUT2D eigenvalue weighted by Crippen LogP contribution is -2.42. The summed E-state index contributed by atoms with van der Waals surface area (Å²) < 4.78 is 19.8. The zero-order chi connectivity index (χ0) is 15.5. The lowest BCUT2D eigenvalue weighted by Gasteiger charge is -2.29. The van der Waals surface area contributed by atoms with E-state index in [0.29, 0.717) is 4.47 Å². The van der Waals surface area contributed by atoms with Gasteiger partial charge in [0.15, 0.2) is 0 Å². The van der Waals surface area contributed by atoms with Crippen LogP contribution in [-0.2, 0) is 4.74 Å². The van der Waals surface area contributed by atoms with Crippen molar-refractivity contribution < 1.29 is 13.9 Å². The van der Waals surface area contributed by atoms with Crippen LogP contribution in [0, 0.1) is 17.1 Å². The van der Waals surface area contributed by atoms with Crippen LogP contribution in [0.3, 0.4) is 0 Å². The summed E-state index contributed by atoms with van der Waals surface area (Å²) in [4.78, 5) is 13.2. The van der Waals surface area contributed by atoms with Crippen molar-refractivity contribution in [2.24, 2.45) is 0 Å². The monoisotopic (exact) mass is 342 g/mol. The summed E-state index contributed by atoms with van der Waals surface area (Å²) in [5.41, 5.74) is -0.715. The van der Waals surface area contributed by atoms with Gasteiger partial charge in [-0.2, -0.15) is 5.26 Å². The third kappa shape index (κ3) is 4.20. The van der Waals surface area contributed by atoms with Crippen molar-refractivity contribution in [3.63, 3.8) is 0 Å². The molecule has 0 radical (unpaired) electrons. The number of amides is 1. The summed E-state index contributed by atoms with van der Waals surface area (Å²) >= 11 is 3.15. The van der Waals surface area contributed by atoms with Crippen molar-refractivity contribution in [2.45, 2.75) is 39.3 Å². The fraction of sp³-hybridized carbons (Fsp3) is 0.429. The van der Waals surface area contributed by atoms with Gasteiger partial charge < -0.3 is 4.74 Å². The number of ether oxygens (including phenoxy) is 1. The smallest absolute Gasteiger partial charge is 0.416 e. The summed E-state index contributed by atoms with van der Waals surface area (Å²) in [5, 5.41) is 9.03. The number of hydrogen-bond donors (Lipinski definition) is 0. The van der Waals surface area contributed by atoms with Crippen molar-refractivity contribution in [1.29, 1.82) is 5.26 Å². The molecule has 1 aromatic rings. The number of carbonyl (C=O) groups is 1. The predicted octanol–water partition coefficient (Wildman–Crippen LogP) is 4.24. The third-order valence-electron chi connectivity index (χ3n) is 2.33. The van der Waals surface area contributed by atoms with Gasteiger partial charge in [-0.3, -0.25) is 4.90 Å². The van der Waals surface area contributed by atoms with Crippen LogP contribution in [0.2, 0.25) is 0 Å². The number of hydrogen-bond acceptors (Lipinski definition) is 3. The maximum absolute atomic E-state index is 14.0. The van der Waals surface area contributed by atoms with E-state index >= 15 is 0 Å². The molecular weight excluding hydrogens is 327 g/mol. The Balaban J connectivity index is 3.20. The number of rotatable bonds is 2. The van der Waals surface area contributed by atoms with Crippen molar-refractivity contribution in [2.75, 3.05) is 4.90 Å². The van der Waals surface area contributed by atoms with Gasteiger partial charge in [-0.15, -0.1) is 0 Å². The quantitative estimate of drug-likeness (QED) is 0.807. The fourth-order valence-electron chi connectivity index (χ4n) is 1.51. The van der Waals surface area contributed by atoms with Gasteiger partial charge in [0.25, 0.3) is 0 Å². The molecule has 0 saturated heterocycles. The first kappa shape index (κ1) is 16.4. The second-order valence-electron chi connectivity index (χ2n) is 5.25. The molecule has 0 aliphatic carbocycles. The third-order valence-corrected chi connectivity index (χ3v) is 2.83. The van der Waals surface area contributed by atoms with Gasteiger partial charge >= 0.3 is 6.09 Å². The Morgan fingerprint density at radius 3 is 2.55 bits per heavy atom. The maximum atomic E-state index is 14.0. The standard InChI is InChI=1S/C14H16BrFN2O2/c1-9(8-17)18(13(19)20-14(2,3)4)12-6-5-10(15)7-11(12)16/h5-7,9H,1-4H3. The van der Waals surface area contributed by atoms with Crippen molar-refractivity contribution in [3.05, 3.63) is 28.5 Å². The van der Waals surface area contributed by atoms with E-state index < -0.39 is 23.6 Å². The van der Waals surface area contributed by atoms with Gasteiger partial charge in [0.1, 0.15) is 17.5 Å². The molecule has 6 heteroatoms. The molecule has 0 bridgehead atoms. The Morgan fingerprint density at radius 2 is 2.10 bits per heavy atom. The number of benzene rings is 1. The molecule has 1 amide bonds. The van der Waals surface area contributed by atoms with E-state index in [1.807, 2.05) is 6.07 Å². The first-order valence-electron chi connectivity index (χ1n) is 6.02.